The summed E-state index contributed by atoms with van der Waals surface area (Å²) in [5.41, 5.74) is 2.19. The number of thiophene rings is 1. The zero-order valence-electron chi connectivity index (χ0n) is 20.5. The molecule has 2 heterocycles. The van der Waals surface area contributed by atoms with Gasteiger partial charge in [0.15, 0.2) is 5.16 Å². The quantitative estimate of drug-likeness (QED) is 0.210. The number of aryl methyl sites for hydroxylation is 2. The maximum Gasteiger partial charge on any atom is 0.263 e. The van der Waals surface area contributed by atoms with Crippen LogP contribution in [0.2, 0.25) is 0 Å². The summed E-state index contributed by atoms with van der Waals surface area (Å²) >= 11 is 3.05. The van der Waals surface area contributed by atoms with Gasteiger partial charge in [-0.25, -0.2) is 4.98 Å². The van der Waals surface area contributed by atoms with Gasteiger partial charge in [0.1, 0.15) is 4.83 Å². The molecular formula is C28H31N3O2S2. The average Bonchev–Trinajstić information content (AvgIpc) is 3.26. The van der Waals surface area contributed by atoms with Crippen LogP contribution in [0.1, 0.15) is 56.5 Å². The number of benzene rings is 2. The molecule has 0 fully saturated rings. The Morgan fingerprint density at radius 2 is 1.91 bits per heavy atom. The number of fused-ring (bicyclic) bond motifs is 4. The zero-order valence-corrected chi connectivity index (χ0v) is 22.2. The maximum atomic E-state index is 13.7. The Morgan fingerprint density at radius 1 is 1.14 bits per heavy atom. The van der Waals surface area contributed by atoms with Crippen LogP contribution in [0.25, 0.3) is 21.0 Å². The predicted octanol–water partition coefficient (Wildman–Crippen LogP) is 6.61. The van der Waals surface area contributed by atoms with Gasteiger partial charge in [0, 0.05) is 22.8 Å². The van der Waals surface area contributed by atoms with Crippen LogP contribution in [0.5, 0.6) is 0 Å². The second-order valence-electron chi connectivity index (χ2n) is 9.14. The highest BCUT2D eigenvalue weighted by atomic mass is 32.2. The Morgan fingerprint density at radius 3 is 2.71 bits per heavy atom. The van der Waals surface area contributed by atoms with Crippen molar-refractivity contribution in [3.63, 3.8) is 0 Å². The fourth-order valence-electron chi connectivity index (χ4n) is 5.00. The molecule has 1 aliphatic rings. The van der Waals surface area contributed by atoms with Crippen molar-refractivity contribution < 1.29 is 4.79 Å². The standard InChI is InChI=1S/C28H31N3O2S2/c1-4-18(3)31-27(33)25-21-14-8-9-16-23(21)35-26(25)29-28(31)34-17-24(32)30(5-2)22-15-10-12-19-11-6-7-13-20(19)22/h6-7,10-13,15,18H,4-5,8-9,14,16-17H2,1-3H3. The topological polar surface area (TPSA) is 55.2 Å². The van der Waals surface area contributed by atoms with E-state index in [-0.39, 0.29) is 23.3 Å². The van der Waals surface area contributed by atoms with Gasteiger partial charge in [-0.05, 0) is 63.0 Å². The van der Waals surface area contributed by atoms with Gasteiger partial charge < -0.3 is 4.90 Å². The lowest BCUT2D eigenvalue weighted by atomic mass is 9.97. The first kappa shape index (κ1) is 24.1. The molecule has 1 amide bonds. The molecule has 4 aromatic rings. The summed E-state index contributed by atoms with van der Waals surface area (Å²) in [6, 6.07) is 14.2. The number of thioether (sulfide) groups is 1. The first-order valence-corrected chi connectivity index (χ1v) is 14.3. The third-order valence-corrected chi connectivity index (χ3v) is 9.14. The van der Waals surface area contributed by atoms with Crippen molar-refractivity contribution in [1.82, 2.24) is 9.55 Å². The summed E-state index contributed by atoms with van der Waals surface area (Å²) in [6.07, 6.45) is 5.15. The molecular weight excluding hydrogens is 474 g/mol. The lowest BCUT2D eigenvalue weighted by molar-refractivity contribution is -0.116. The third kappa shape index (κ3) is 4.40. The van der Waals surface area contributed by atoms with E-state index in [0.717, 1.165) is 52.4 Å². The van der Waals surface area contributed by atoms with E-state index < -0.39 is 0 Å². The van der Waals surface area contributed by atoms with Gasteiger partial charge in [-0.1, -0.05) is 55.1 Å². The van der Waals surface area contributed by atoms with E-state index in [9.17, 15) is 9.59 Å². The Balaban J connectivity index is 1.49. The fraction of sp³-hybridized carbons (Fsp3) is 0.393. The molecule has 182 valence electrons. The summed E-state index contributed by atoms with van der Waals surface area (Å²) < 4.78 is 1.83. The Labute approximate surface area is 214 Å². The molecule has 0 bridgehead atoms. The molecule has 5 rings (SSSR count). The number of anilines is 1. The van der Waals surface area contributed by atoms with Crippen molar-refractivity contribution >= 4 is 55.7 Å². The van der Waals surface area contributed by atoms with E-state index in [2.05, 4.69) is 32.0 Å². The van der Waals surface area contributed by atoms with Crippen LogP contribution in [0.15, 0.2) is 52.4 Å². The molecule has 0 spiro atoms. The Kier molecular flexibility index (Phi) is 6.98. The summed E-state index contributed by atoms with van der Waals surface area (Å²) in [5.74, 6) is 0.251. The van der Waals surface area contributed by atoms with Crippen LogP contribution < -0.4 is 10.5 Å². The van der Waals surface area contributed by atoms with Gasteiger partial charge in [0.2, 0.25) is 5.91 Å². The van der Waals surface area contributed by atoms with E-state index in [1.54, 1.807) is 11.3 Å². The predicted molar refractivity (Wildman–Crippen MR) is 148 cm³/mol. The molecule has 1 atom stereocenters. The number of rotatable bonds is 7. The lowest BCUT2D eigenvalue weighted by Gasteiger charge is -2.23. The molecule has 35 heavy (non-hydrogen) atoms. The van der Waals surface area contributed by atoms with Gasteiger partial charge in [-0.3, -0.25) is 14.2 Å². The fourth-order valence-corrected chi connectivity index (χ4v) is 7.28. The smallest absolute Gasteiger partial charge is 0.263 e. The van der Waals surface area contributed by atoms with Crippen molar-refractivity contribution in [1.29, 1.82) is 0 Å². The number of aromatic nitrogens is 2. The van der Waals surface area contributed by atoms with E-state index in [4.69, 9.17) is 4.98 Å². The lowest BCUT2D eigenvalue weighted by Crippen LogP contribution is -2.33. The van der Waals surface area contributed by atoms with Crippen molar-refractivity contribution in [2.75, 3.05) is 17.2 Å². The number of nitrogens with zero attached hydrogens (tertiary/aromatic N) is 3. The molecule has 1 unspecified atom stereocenters. The first-order chi connectivity index (χ1) is 17.0. The summed E-state index contributed by atoms with van der Waals surface area (Å²) in [4.78, 5) is 36.1. The molecule has 7 heteroatoms. The second-order valence-corrected chi connectivity index (χ2v) is 11.2. The van der Waals surface area contributed by atoms with Gasteiger partial charge in [0.25, 0.3) is 5.56 Å². The van der Waals surface area contributed by atoms with E-state index in [0.29, 0.717) is 11.7 Å². The number of hydrogen-bond acceptors (Lipinski definition) is 5. The van der Waals surface area contributed by atoms with Gasteiger partial charge in [-0.2, -0.15) is 0 Å². The minimum atomic E-state index is 0.0179. The number of carbonyl (C=O) groups excluding carboxylic acids is 1. The minimum absolute atomic E-state index is 0.0179. The van der Waals surface area contributed by atoms with Crippen LogP contribution in [-0.2, 0) is 17.6 Å². The highest BCUT2D eigenvalue weighted by Crippen LogP contribution is 2.35. The maximum absolute atomic E-state index is 13.7. The van der Waals surface area contributed by atoms with Crippen molar-refractivity contribution in [3.8, 4) is 0 Å². The largest absolute Gasteiger partial charge is 0.311 e. The number of hydrogen-bond donors (Lipinski definition) is 0. The van der Waals surface area contributed by atoms with Crippen LogP contribution in [0.4, 0.5) is 5.69 Å². The third-order valence-electron chi connectivity index (χ3n) is 7.02. The molecule has 2 aromatic heterocycles. The molecule has 0 saturated carbocycles. The van der Waals surface area contributed by atoms with Gasteiger partial charge in [0.05, 0.1) is 16.8 Å². The van der Waals surface area contributed by atoms with Gasteiger partial charge in [-0.15, -0.1) is 11.3 Å². The van der Waals surface area contributed by atoms with Crippen molar-refractivity contribution in [2.24, 2.45) is 0 Å². The molecule has 5 nitrogen and oxygen atoms in total. The minimum Gasteiger partial charge on any atom is -0.311 e. The highest BCUT2D eigenvalue weighted by Gasteiger charge is 2.25. The van der Waals surface area contributed by atoms with E-state index >= 15 is 0 Å². The molecule has 0 radical (unpaired) electrons. The van der Waals surface area contributed by atoms with Crippen LogP contribution >= 0.6 is 23.1 Å². The zero-order chi connectivity index (χ0) is 24.5. The van der Waals surface area contributed by atoms with E-state index in [1.807, 2.05) is 40.7 Å². The molecule has 1 aliphatic carbocycles. The highest BCUT2D eigenvalue weighted by molar-refractivity contribution is 7.99. The number of carbonyl (C=O) groups is 1. The summed E-state index contributed by atoms with van der Waals surface area (Å²) in [5, 5.41) is 3.64. The first-order valence-electron chi connectivity index (χ1n) is 12.5. The van der Waals surface area contributed by atoms with E-state index in [1.165, 1.54) is 28.6 Å². The van der Waals surface area contributed by atoms with Gasteiger partial charge >= 0.3 is 0 Å². The van der Waals surface area contributed by atoms with Crippen molar-refractivity contribution in [3.05, 3.63) is 63.3 Å². The molecule has 2 aromatic carbocycles. The number of amides is 1. The van der Waals surface area contributed by atoms with Crippen LogP contribution in [0, 0.1) is 0 Å². The van der Waals surface area contributed by atoms with Crippen molar-refractivity contribution in [2.45, 2.75) is 64.1 Å². The normalized spacial score (nSPS) is 14.3. The molecule has 0 N–H and O–H groups in total. The Bertz CT molecular complexity index is 1450. The molecule has 0 aliphatic heterocycles. The Hall–Kier alpha value is -2.64. The SMILES string of the molecule is CCC(C)n1c(SCC(=O)N(CC)c2cccc3ccccc23)nc2sc3c(c2c1=O)CCCC3. The summed E-state index contributed by atoms with van der Waals surface area (Å²) in [7, 11) is 0. The van der Waals surface area contributed by atoms with Crippen LogP contribution in [0.3, 0.4) is 0 Å². The summed E-state index contributed by atoms with van der Waals surface area (Å²) in [6.45, 7) is 6.73. The molecule has 0 saturated heterocycles. The van der Waals surface area contributed by atoms with Crippen LogP contribution in [-0.4, -0.2) is 27.8 Å². The average molecular weight is 506 g/mol. The monoisotopic (exact) mass is 505 g/mol. The second kappa shape index (κ2) is 10.2.